The predicted molar refractivity (Wildman–Crippen MR) is 57.3 cm³/mol. The molecule has 1 aliphatic heterocycles. The second kappa shape index (κ2) is 4.10. The molecule has 0 aromatic rings. The minimum Gasteiger partial charge on any atom is -0.368 e. The Balaban J connectivity index is 1.90. The lowest BCUT2D eigenvalue weighted by Crippen LogP contribution is -2.55. The van der Waals surface area contributed by atoms with Crippen molar-refractivity contribution in [2.75, 3.05) is 13.2 Å². The Morgan fingerprint density at radius 3 is 2.73 bits per heavy atom. The summed E-state index contributed by atoms with van der Waals surface area (Å²) >= 11 is 0. The van der Waals surface area contributed by atoms with Crippen molar-refractivity contribution in [1.82, 2.24) is 5.32 Å². The van der Waals surface area contributed by atoms with Crippen LogP contribution in [0.15, 0.2) is 0 Å². The summed E-state index contributed by atoms with van der Waals surface area (Å²) in [5.41, 5.74) is 5.52. The lowest BCUT2D eigenvalue weighted by molar-refractivity contribution is -0.132. The second-order valence-corrected chi connectivity index (χ2v) is 4.89. The molecule has 2 atom stereocenters. The summed E-state index contributed by atoms with van der Waals surface area (Å²) < 4.78 is 5.35. The summed E-state index contributed by atoms with van der Waals surface area (Å²) in [6.45, 7) is 3.26. The summed E-state index contributed by atoms with van der Waals surface area (Å²) in [5.74, 6) is 0.584. The quantitative estimate of drug-likeness (QED) is 0.709. The monoisotopic (exact) mass is 212 g/mol. The zero-order valence-corrected chi connectivity index (χ0v) is 9.29. The fourth-order valence-corrected chi connectivity index (χ4v) is 2.19. The highest BCUT2D eigenvalue weighted by atomic mass is 16.5. The molecule has 4 heteroatoms. The summed E-state index contributed by atoms with van der Waals surface area (Å²) in [6.07, 6.45) is 3.95. The van der Waals surface area contributed by atoms with Gasteiger partial charge in [0.25, 0.3) is 0 Å². The van der Waals surface area contributed by atoms with Crippen LogP contribution < -0.4 is 11.1 Å². The van der Waals surface area contributed by atoms with Crippen molar-refractivity contribution in [1.29, 1.82) is 0 Å². The van der Waals surface area contributed by atoms with Crippen molar-refractivity contribution >= 4 is 5.91 Å². The molecular weight excluding hydrogens is 192 g/mol. The Bertz CT molecular complexity index is 247. The number of carbonyl (C=O) groups is 1. The van der Waals surface area contributed by atoms with Crippen molar-refractivity contribution in [2.45, 2.75) is 44.2 Å². The zero-order chi connectivity index (χ0) is 10.9. The van der Waals surface area contributed by atoms with Gasteiger partial charge in [0.15, 0.2) is 0 Å². The Morgan fingerprint density at radius 2 is 2.27 bits per heavy atom. The third kappa shape index (κ3) is 2.32. The lowest BCUT2D eigenvalue weighted by Gasteiger charge is -2.30. The molecule has 1 saturated heterocycles. The maximum absolute atomic E-state index is 11.9. The molecule has 15 heavy (non-hydrogen) atoms. The number of rotatable bonds is 4. The molecule has 0 aromatic heterocycles. The van der Waals surface area contributed by atoms with Crippen LogP contribution in [0, 0.1) is 5.92 Å². The minimum absolute atomic E-state index is 0.0207. The van der Waals surface area contributed by atoms with Gasteiger partial charge in [-0.3, -0.25) is 4.79 Å². The van der Waals surface area contributed by atoms with Gasteiger partial charge in [0, 0.05) is 13.2 Å². The maximum atomic E-state index is 11.9. The van der Waals surface area contributed by atoms with Gasteiger partial charge in [-0.2, -0.15) is 0 Å². The fourth-order valence-electron chi connectivity index (χ4n) is 2.19. The van der Waals surface area contributed by atoms with Crippen LogP contribution in [0.3, 0.4) is 0 Å². The van der Waals surface area contributed by atoms with Gasteiger partial charge in [-0.15, -0.1) is 0 Å². The molecule has 1 heterocycles. The number of hydrogen-bond acceptors (Lipinski definition) is 3. The molecule has 2 rings (SSSR count). The van der Waals surface area contributed by atoms with Gasteiger partial charge in [0.05, 0.1) is 5.54 Å². The van der Waals surface area contributed by atoms with Gasteiger partial charge in [0.2, 0.25) is 5.91 Å². The van der Waals surface area contributed by atoms with E-state index in [1.807, 2.05) is 6.92 Å². The molecule has 2 fully saturated rings. The predicted octanol–water partition coefficient (Wildman–Crippen LogP) is 0.409. The van der Waals surface area contributed by atoms with Crippen molar-refractivity contribution in [3.63, 3.8) is 0 Å². The number of amides is 1. The van der Waals surface area contributed by atoms with E-state index in [4.69, 9.17) is 10.5 Å². The number of ether oxygens (including phenoxy) is 1. The summed E-state index contributed by atoms with van der Waals surface area (Å²) in [5, 5.41) is 3.06. The van der Waals surface area contributed by atoms with Crippen LogP contribution in [0.1, 0.15) is 32.6 Å². The molecule has 1 aliphatic carbocycles. The van der Waals surface area contributed by atoms with E-state index in [1.54, 1.807) is 0 Å². The van der Waals surface area contributed by atoms with Gasteiger partial charge >= 0.3 is 0 Å². The van der Waals surface area contributed by atoms with Crippen molar-refractivity contribution in [3.8, 4) is 0 Å². The van der Waals surface area contributed by atoms with Crippen LogP contribution in [-0.4, -0.2) is 30.7 Å². The van der Waals surface area contributed by atoms with E-state index < -0.39 is 0 Å². The van der Waals surface area contributed by atoms with E-state index in [9.17, 15) is 4.79 Å². The molecule has 0 spiro atoms. The average Bonchev–Trinajstić information content (AvgIpc) is 2.94. The topological polar surface area (TPSA) is 64.3 Å². The Hall–Kier alpha value is -0.610. The highest BCUT2D eigenvalue weighted by Gasteiger charge is 2.42. The van der Waals surface area contributed by atoms with Crippen molar-refractivity contribution in [3.05, 3.63) is 0 Å². The standard InChI is InChI=1S/C11H20N2O2/c1-11(7-12,8-4-5-8)13-10(14)9-3-2-6-15-9/h8-9H,2-7,12H2,1H3,(H,13,14). The molecule has 1 amide bonds. The fraction of sp³-hybridized carbons (Fsp3) is 0.909. The molecule has 3 N–H and O–H groups in total. The Labute approximate surface area is 90.5 Å². The molecule has 0 bridgehead atoms. The second-order valence-electron chi connectivity index (χ2n) is 4.89. The van der Waals surface area contributed by atoms with Crippen LogP contribution in [0.4, 0.5) is 0 Å². The van der Waals surface area contributed by atoms with E-state index in [1.165, 1.54) is 12.8 Å². The molecule has 4 nitrogen and oxygen atoms in total. The van der Waals surface area contributed by atoms with Crippen LogP contribution in [0.5, 0.6) is 0 Å². The third-order valence-corrected chi connectivity index (χ3v) is 3.53. The number of nitrogens with one attached hydrogen (secondary N) is 1. The summed E-state index contributed by atoms with van der Waals surface area (Å²) in [6, 6.07) is 0. The highest BCUT2D eigenvalue weighted by Crippen LogP contribution is 2.39. The maximum Gasteiger partial charge on any atom is 0.249 e. The number of hydrogen-bond donors (Lipinski definition) is 2. The first kappa shape index (κ1) is 10.9. The first-order valence-electron chi connectivity index (χ1n) is 5.79. The Morgan fingerprint density at radius 1 is 1.53 bits per heavy atom. The smallest absolute Gasteiger partial charge is 0.249 e. The van der Waals surface area contributed by atoms with Gasteiger partial charge < -0.3 is 15.8 Å². The van der Waals surface area contributed by atoms with Crippen LogP contribution in [0.25, 0.3) is 0 Å². The van der Waals surface area contributed by atoms with Gasteiger partial charge in [-0.25, -0.2) is 0 Å². The normalized spacial score (nSPS) is 29.9. The molecule has 86 valence electrons. The zero-order valence-electron chi connectivity index (χ0n) is 9.29. The highest BCUT2D eigenvalue weighted by molar-refractivity contribution is 5.81. The van der Waals surface area contributed by atoms with Crippen molar-refractivity contribution < 1.29 is 9.53 Å². The van der Waals surface area contributed by atoms with Gasteiger partial charge in [-0.05, 0) is 38.5 Å². The largest absolute Gasteiger partial charge is 0.368 e. The van der Waals surface area contributed by atoms with Gasteiger partial charge in [0.1, 0.15) is 6.10 Å². The first-order chi connectivity index (χ1) is 7.15. The molecule has 2 aliphatic rings. The number of nitrogens with two attached hydrogens (primary N) is 1. The van der Waals surface area contributed by atoms with E-state index in [-0.39, 0.29) is 17.6 Å². The minimum atomic E-state index is -0.241. The molecule has 0 aromatic carbocycles. The molecular formula is C11H20N2O2. The van der Waals surface area contributed by atoms with Crippen LogP contribution in [0.2, 0.25) is 0 Å². The van der Waals surface area contributed by atoms with E-state index in [0.717, 1.165) is 12.8 Å². The first-order valence-corrected chi connectivity index (χ1v) is 5.79. The molecule has 1 saturated carbocycles. The third-order valence-electron chi connectivity index (χ3n) is 3.53. The van der Waals surface area contributed by atoms with E-state index >= 15 is 0 Å². The van der Waals surface area contributed by atoms with Gasteiger partial charge in [-0.1, -0.05) is 0 Å². The molecule has 0 radical (unpaired) electrons. The average molecular weight is 212 g/mol. The van der Waals surface area contributed by atoms with Crippen molar-refractivity contribution in [2.24, 2.45) is 11.7 Å². The number of carbonyl (C=O) groups excluding carboxylic acids is 1. The van der Waals surface area contributed by atoms with E-state index in [2.05, 4.69) is 5.32 Å². The molecule has 2 unspecified atom stereocenters. The lowest BCUT2D eigenvalue weighted by atomic mass is 9.95. The van der Waals surface area contributed by atoms with E-state index in [0.29, 0.717) is 19.1 Å². The van der Waals surface area contributed by atoms with Crippen LogP contribution >= 0.6 is 0 Å². The Kier molecular flexibility index (Phi) is 2.98. The summed E-state index contributed by atoms with van der Waals surface area (Å²) in [7, 11) is 0. The van der Waals surface area contributed by atoms with Crippen LogP contribution in [-0.2, 0) is 9.53 Å². The summed E-state index contributed by atoms with van der Waals surface area (Å²) in [4.78, 5) is 11.9. The SMILES string of the molecule is CC(CN)(NC(=O)C1CCCO1)C1CC1.